The summed E-state index contributed by atoms with van der Waals surface area (Å²) in [6, 6.07) is 9.38. The zero-order chi connectivity index (χ0) is 13.0. The highest BCUT2D eigenvalue weighted by molar-refractivity contribution is 5.84. The van der Waals surface area contributed by atoms with Crippen LogP contribution in [-0.4, -0.2) is 22.7 Å². The molecule has 4 heteroatoms. The van der Waals surface area contributed by atoms with Crippen molar-refractivity contribution >= 4 is 16.9 Å². The summed E-state index contributed by atoms with van der Waals surface area (Å²) < 4.78 is 5.61. The van der Waals surface area contributed by atoms with Crippen LogP contribution >= 0.6 is 0 Å². The van der Waals surface area contributed by atoms with Crippen LogP contribution in [0.25, 0.3) is 10.9 Å². The van der Waals surface area contributed by atoms with Crippen LogP contribution in [0.3, 0.4) is 0 Å². The number of benzene rings is 1. The Morgan fingerprint density at radius 2 is 2.22 bits per heavy atom. The van der Waals surface area contributed by atoms with E-state index in [0.717, 1.165) is 17.0 Å². The fraction of sp³-hybridized carbons (Fsp3) is 0.143. The molecule has 0 unspecified atom stereocenters. The molecule has 4 nitrogen and oxygen atoms in total. The smallest absolute Gasteiger partial charge is 0.328 e. The van der Waals surface area contributed by atoms with Gasteiger partial charge in [-0.15, -0.1) is 0 Å². The largest absolute Gasteiger partial charge is 0.489 e. The minimum absolute atomic E-state index is 0.250. The average molecular weight is 243 g/mol. The fourth-order valence-electron chi connectivity index (χ4n) is 1.65. The van der Waals surface area contributed by atoms with E-state index in [1.165, 1.54) is 0 Å². The van der Waals surface area contributed by atoms with Gasteiger partial charge in [-0.1, -0.05) is 6.07 Å². The lowest BCUT2D eigenvalue weighted by Gasteiger charge is -2.08. The maximum Gasteiger partial charge on any atom is 0.328 e. The molecule has 0 amide bonds. The van der Waals surface area contributed by atoms with Crippen molar-refractivity contribution < 1.29 is 14.6 Å². The monoisotopic (exact) mass is 243 g/mol. The van der Waals surface area contributed by atoms with Crippen LogP contribution in [0, 0.1) is 0 Å². The highest BCUT2D eigenvalue weighted by atomic mass is 16.5. The number of fused-ring (bicyclic) bond motifs is 1. The standard InChI is InChI=1S/C14H13NO3/c1-10(8-14(16)17)9-18-13-6-2-5-12-11(13)4-3-7-15-12/h2-8H,9H2,1H3,(H,16,17)/b10-8-. The summed E-state index contributed by atoms with van der Waals surface area (Å²) >= 11 is 0. The number of nitrogens with zero attached hydrogens (tertiary/aromatic N) is 1. The molecular formula is C14H13NO3. The first-order valence-electron chi connectivity index (χ1n) is 5.53. The molecule has 0 fully saturated rings. The Labute approximate surface area is 105 Å². The molecular weight excluding hydrogens is 230 g/mol. The fourth-order valence-corrected chi connectivity index (χ4v) is 1.65. The van der Waals surface area contributed by atoms with Gasteiger partial charge in [-0.2, -0.15) is 0 Å². The topological polar surface area (TPSA) is 59.4 Å². The van der Waals surface area contributed by atoms with Gasteiger partial charge in [0.25, 0.3) is 0 Å². The number of aromatic nitrogens is 1. The molecule has 1 aromatic heterocycles. The van der Waals surface area contributed by atoms with Crippen LogP contribution in [0.15, 0.2) is 48.2 Å². The van der Waals surface area contributed by atoms with Crippen LogP contribution in [0.2, 0.25) is 0 Å². The van der Waals surface area contributed by atoms with Gasteiger partial charge in [0.1, 0.15) is 12.4 Å². The molecule has 0 aliphatic carbocycles. The number of pyridine rings is 1. The van der Waals surface area contributed by atoms with E-state index < -0.39 is 5.97 Å². The number of ether oxygens (including phenoxy) is 1. The second-order valence-corrected chi connectivity index (χ2v) is 3.94. The maximum absolute atomic E-state index is 10.5. The van der Waals surface area contributed by atoms with Gasteiger partial charge in [0, 0.05) is 17.7 Å². The Bertz CT molecular complexity index is 600. The molecule has 0 spiro atoms. The van der Waals surface area contributed by atoms with Gasteiger partial charge >= 0.3 is 5.97 Å². The van der Waals surface area contributed by atoms with Crippen LogP contribution in [0.5, 0.6) is 5.75 Å². The molecule has 0 aliphatic rings. The predicted molar refractivity (Wildman–Crippen MR) is 68.6 cm³/mol. The molecule has 0 saturated carbocycles. The second kappa shape index (κ2) is 5.31. The number of hydrogen-bond donors (Lipinski definition) is 1. The Kier molecular flexibility index (Phi) is 3.57. The van der Waals surface area contributed by atoms with Gasteiger partial charge < -0.3 is 9.84 Å². The number of aliphatic carboxylic acids is 1. The summed E-state index contributed by atoms with van der Waals surface area (Å²) in [6.07, 6.45) is 2.87. The number of carboxylic acids is 1. The van der Waals surface area contributed by atoms with Crippen molar-refractivity contribution in [2.24, 2.45) is 0 Å². The van der Waals surface area contributed by atoms with E-state index in [1.54, 1.807) is 13.1 Å². The molecule has 92 valence electrons. The molecule has 0 bridgehead atoms. The van der Waals surface area contributed by atoms with Crippen molar-refractivity contribution in [2.75, 3.05) is 6.61 Å². The van der Waals surface area contributed by atoms with Crippen LogP contribution in [0.1, 0.15) is 6.92 Å². The maximum atomic E-state index is 10.5. The lowest BCUT2D eigenvalue weighted by Crippen LogP contribution is -2.01. The highest BCUT2D eigenvalue weighted by Crippen LogP contribution is 2.23. The van der Waals surface area contributed by atoms with Gasteiger partial charge in [0.2, 0.25) is 0 Å². The Balaban J connectivity index is 2.20. The number of hydrogen-bond acceptors (Lipinski definition) is 3. The Morgan fingerprint density at radius 3 is 3.00 bits per heavy atom. The molecule has 0 atom stereocenters. The Morgan fingerprint density at radius 1 is 1.39 bits per heavy atom. The first-order valence-corrected chi connectivity index (χ1v) is 5.53. The summed E-state index contributed by atoms with van der Waals surface area (Å²) in [5.41, 5.74) is 1.51. The predicted octanol–water partition coefficient (Wildman–Crippen LogP) is 2.64. The van der Waals surface area contributed by atoms with Crippen molar-refractivity contribution in [1.29, 1.82) is 0 Å². The molecule has 2 aromatic rings. The van der Waals surface area contributed by atoms with Crippen molar-refractivity contribution in [3.8, 4) is 5.75 Å². The van der Waals surface area contributed by atoms with E-state index >= 15 is 0 Å². The van der Waals surface area contributed by atoms with Crippen molar-refractivity contribution in [3.63, 3.8) is 0 Å². The third-order valence-electron chi connectivity index (χ3n) is 2.43. The average Bonchev–Trinajstić information content (AvgIpc) is 2.35. The zero-order valence-electron chi connectivity index (χ0n) is 9.96. The van der Waals surface area contributed by atoms with E-state index in [0.29, 0.717) is 11.3 Å². The number of carbonyl (C=O) groups is 1. The van der Waals surface area contributed by atoms with Crippen LogP contribution < -0.4 is 4.74 Å². The van der Waals surface area contributed by atoms with E-state index in [-0.39, 0.29) is 6.61 Å². The van der Waals surface area contributed by atoms with Crippen LogP contribution in [-0.2, 0) is 4.79 Å². The molecule has 0 saturated heterocycles. The molecule has 18 heavy (non-hydrogen) atoms. The van der Waals surface area contributed by atoms with Crippen molar-refractivity contribution in [2.45, 2.75) is 6.92 Å². The van der Waals surface area contributed by atoms with E-state index in [2.05, 4.69) is 4.98 Å². The van der Waals surface area contributed by atoms with E-state index in [9.17, 15) is 4.79 Å². The third-order valence-corrected chi connectivity index (χ3v) is 2.43. The molecule has 1 heterocycles. The first-order chi connectivity index (χ1) is 8.66. The summed E-state index contributed by atoms with van der Waals surface area (Å²) in [4.78, 5) is 14.7. The summed E-state index contributed by atoms with van der Waals surface area (Å²) in [5.74, 6) is -0.255. The van der Waals surface area contributed by atoms with Gasteiger partial charge in [0.15, 0.2) is 0 Å². The van der Waals surface area contributed by atoms with Gasteiger partial charge in [-0.25, -0.2) is 4.79 Å². The third kappa shape index (κ3) is 2.85. The van der Waals surface area contributed by atoms with E-state index in [4.69, 9.17) is 9.84 Å². The molecule has 0 aliphatic heterocycles. The van der Waals surface area contributed by atoms with Gasteiger partial charge in [-0.05, 0) is 36.8 Å². The van der Waals surface area contributed by atoms with Gasteiger partial charge in [-0.3, -0.25) is 4.98 Å². The number of carboxylic acid groups (broad SMARTS) is 1. The first kappa shape index (κ1) is 12.1. The zero-order valence-corrected chi connectivity index (χ0v) is 9.96. The van der Waals surface area contributed by atoms with Crippen molar-refractivity contribution in [3.05, 3.63) is 48.2 Å². The lowest BCUT2D eigenvalue weighted by molar-refractivity contribution is -0.131. The summed E-state index contributed by atoms with van der Waals surface area (Å²) in [5, 5.41) is 9.53. The molecule has 0 radical (unpaired) electrons. The quantitative estimate of drug-likeness (QED) is 0.838. The lowest BCUT2D eigenvalue weighted by atomic mass is 10.2. The molecule has 1 aromatic carbocycles. The second-order valence-electron chi connectivity index (χ2n) is 3.94. The van der Waals surface area contributed by atoms with Crippen LogP contribution in [0.4, 0.5) is 0 Å². The van der Waals surface area contributed by atoms with E-state index in [1.807, 2.05) is 30.3 Å². The molecule has 2 rings (SSSR count). The highest BCUT2D eigenvalue weighted by Gasteiger charge is 2.02. The summed E-state index contributed by atoms with van der Waals surface area (Å²) in [6.45, 7) is 1.97. The summed E-state index contributed by atoms with van der Waals surface area (Å²) in [7, 11) is 0. The Hall–Kier alpha value is -2.36. The SMILES string of the molecule is C/C(=C/C(=O)O)COc1cccc2ncccc12. The van der Waals surface area contributed by atoms with Crippen molar-refractivity contribution in [1.82, 2.24) is 4.98 Å². The van der Waals surface area contributed by atoms with Gasteiger partial charge in [0.05, 0.1) is 5.52 Å². The minimum Gasteiger partial charge on any atom is -0.489 e. The molecule has 1 N–H and O–H groups in total. The normalized spacial score (nSPS) is 11.5. The minimum atomic E-state index is -0.962. The number of rotatable bonds is 4.